The second-order valence-electron chi connectivity index (χ2n) is 5.22. The smallest absolute Gasteiger partial charge is 0.157 e. The summed E-state index contributed by atoms with van der Waals surface area (Å²) in [5, 5.41) is 28.5. The van der Waals surface area contributed by atoms with Crippen LogP contribution < -0.4 is 0 Å². The average molecular weight is 266 g/mol. The zero-order valence-electron chi connectivity index (χ0n) is 11.8. The number of hydrogen-bond donors (Lipinski definition) is 3. The maximum absolute atomic E-state index is 9.88. The van der Waals surface area contributed by atoms with Crippen LogP contribution in [0.4, 0.5) is 0 Å². The van der Waals surface area contributed by atoms with Crippen LogP contribution in [0.15, 0.2) is 18.2 Å². The first-order chi connectivity index (χ1) is 9.13. The molecule has 3 nitrogen and oxygen atoms in total. The Labute approximate surface area is 115 Å². The van der Waals surface area contributed by atoms with E-state index in [1.807, 2.05) is 0 Å². The van der Waals surface area contributed by atoms with Crippen LogP contribution in [-0.4, -0.2) is 21.4 Å². The van der Waals surface area contributed by atoms with Crippen LogP contribution in [0.25, 0.3) is 0 Å². The van der Waals surface area contributed by atoms with Crippen LogP contribution in [-0.2, 0) is 6.42 Å². The van der Waals surface area contributed by atoms with E-state index in [1.54, 1.807) is 12.1 Å². The van der Waals surface area contributed by atoms with Crippen LogP contribution in [0.2, 0.25) is 0 Å². The molecule has 3 N–H and O–H groups in total. The topological polar surface area (TPSA) is 60.7 Å². The lowest BCUT2D eigenvalue weighted by Crippen LogP contribution is -2.07. The molecule has 0 spiro atoms. The van der Waals surface area contributed by atoms with Crippen LogP contribution in [0.1, 0.15) is 57.4 Å². The highest BCUT2D eigenvalue weighted by Crippen LogP contribution is 2.25. The van der Waals surface area contributed by atoms with Gasteiger partial charge in [-0.15, -0.1) is 0 Å². The van der Waals surface area contributed by atoms with E-state index < -0.39 is 0 Å². The molecule has 0 heterocycles. The highest BCUT2D eigenvalue weighted by Gasteiger charge is 2.06. The fourth-order valence-electron chi connectivity index (χ4n) is 2.19. The Bertz CT molecular complexity index is 363. The first-order valence-corrected chi connectivity index (χ1v) is 7.32. The molecule has 1 aromatic rings. The summed E-state index contributed by atoms with van der Waals surface area (Å²) in [7, 11) is 0. The molecule has 0 saturated heterocycles. The van der Waals surface area contributed by atoms with Gasteiger partial charge in [0.05, 0.1) is 6.10 Å². The van der Waals surface area contributed by atoms with E-state index in [1.165, 1.54) is 31.7 Å². The molecular formula is C16H26O3. The third-order valence-corrected chi connectivity index (χ3v) is 3.45. The molecule has 1 unspecified atom stereocenters. The van der Waals surface area contributed by atoms with Gasteiger partial charge in [0.1, 0.15) is 0 Å². The van der Waals surface area contributed by atoms with Crippen LogP contribution in [0, 0.1) is 0 Å². The van der Waals surface area contributed by atoms with E-state index >= 15 is 0 Å². The maximum Gasteiger partial charge on any atom is 0.157 e. The van der Waals surface area contributed by atoms with Crippen LogP contribution in [0.3, 0.4) is 0 Å². The summed E-state index contributed by atoms with van der Waals surface area (Å²) < 4.78 is 0. The molecule has 0 radical (unpaired) electrons. The first-order valence-electron chi connectivity index (χ1n) is 7.32. The lowest BCUT2D eigenvalue weighted by molar-refractivity contribution is 0.151. The summed E-state index contributed by atoms with van der Waals surface area (Å²) in [6.45, 7) is 2.20. The summed E-state index contributed by atoms with van der Waals surface area (Å²) >= 11 is 0. The predicted molar refractivity (Wildman–Crippen MR) is 77.5 cm³/mol. The number of aromatic hydroxyl groups is 2. The van der Waals surface area contributed by atoms with Crippen molar-refractivity contribution in [3.8, 4) is 11.5 Å². The quantitative estimate of drug-likeness (QED) is 0.471. The number of rotatable bonds is 9. The molecule has 1 atom stereocenters. The lowest BCUT2D eigenvalue weighted by atomic mass is 10.0. The normalized spacial score (nSPS) is 12.5. The van der Waals surface area contributed by atoms with Gasteiger partial charge in [0, 0.05) is 0 Å². The molecule has 0 bridgehead atoms. The molecule has 0 saturated carbocycles. The Morgan fingerprint density at radius 2 is 1.68 bits per heavy atom. The molecular weight excluding hydrogens is 240 g/mol. The largest absolute Gasteiger partial charge is 0.504 e. The Hall–Kier alpha value is -1.22. The standard InChI is InChI=1S/C16H26O3/c1-2-3-4-5-6-7-14(17)10-8-13-9-11-15(18)16(19)12-13/h9,11-12,14,17-19H,2-8,10H2,1H3. The number of aliphatic hydroxyl groups is 1. The molecule has 0 amide bonds. The summed E-state index contributed by atoms with van der Waals surface area (Å²) in [6, 6.07) is 4.83. The predicted octanol–water partition coefficient (Wildman–Crippen LogP) is 3.75. The van der Waals surface area contributed by atoms with Crippen molar-refractivity contribution in [1.82, 2.24) is 0 Å². The number of aryl methyl sites for hydroxylation is 1. The van der Waals surface area contributed by atoms with Gasteiger partial charge < -0.3 is 15.3 Å². The Balaban J connectivity index is 2.18. The zero-order chi connectivity index (χ0) is 14.1. The third-order valence-electron chi connectivity index (χ3n) is 3.45. The fourth-order valence-corrected chi connectivity index (χ4v) is 2.19. The molecule has 108 valence electrons. The molecule has 0 aliphatic rings. The fraction of sp³-hybridized carbons (Fsp3) is 0.625. The van der Waals surface area contributed by atoms with Crippen molar-refractivity contribution in [2.24, 2.45) is 0 Å². The zero-order valence-corrected chi connectivity index (χ0v) is 11.8. The lowest BCUT2D eigenvalue weighted by Gasteiger charge is -2.10. The molecule has 1 rings (SSSR count). The summed E-state index contributed by atoms with van der Waals surface area (Å²) in [4.78, 5) is 0. The molecule has 0 aliphatic carbocycles. The number of benzene rings is 1. The highest BCUT2D eigenvalue weighted by atomic mass is 16.3. The number of unbranched alkanes of at least 4 members (excludes halogenated alkanes) is 4. The summed E-state index contributed by atoms with van der Waals surface area (Å²) in [5.74, 6) is -0.188. The minimum Gasteiger partial charge on any atom is -0.504 e. The SMILES string of the molecule is CCCCCCCC(O)CCc1ccc(O)c(O)c1. The summed E-state index contributed by atoms with van der Waals surface area (Å²) in [6.07, 6.45) is 8.09. The minimum absolute atomic E-state index is 0.0912. The minimum atomic E-state index is -0.266. The van der Waals surface area contributed by atoms with Crippen molar-refractivity contribution in [2.45, 2.75) is 64.4 Å². The van der Waals surface area contributed by atoms with E-state index in [4.69, 9.17) is 0 Å². The van der Waals surface area contributed by atoms with Gasteiger partial charge in [-0.25, -0.2) is 0 Å². The van der Waals surface area contributed by atoms with Gasteiger partial charge in [-0.1, -0.05) is 45.1 Å². The number of aliphatic hydroxyl groups excluding tert-OH is 1. The van der Waals surface area contributed by atoms with Crippen LogP contribution in [0.5, 0.6) is 11.5 Å². The van der Waals surface area contributed by atoms with Crippen molar-refractivity contribution in [2.75, 3.05) is 0 Å². The van der Waals surface area contributed by atoms with E-state index in [0.29, 0.717) is 6.42 Å². The van der Waals surface area contributed by atoms with Gasteiger partial charge in [-0.2, -0.15) is 0 Å². The maximum atomic E-state index is 9.88. The van der Waals surface area contributed by atoms with E-state index in [2.05, 4.69) is 6.92 Å². The van der Waals surface area contributed by atoms with Crippen LogP contribution >= 0.6 is 0 Å². The van der Waals surface area contributed by atoms with Gasteiger partial charge in [-0.3, -0.25) is 0 Å². The van der Waals surface area contributed by atoms with Crippen molar-refractivity contribution in [3.05, 3.63) is 23.8 Å². The molecule has 3 heteroatoms. The van der Waals surface area contributed by atoms with Gasteiger partial charge in [0.25, 0.3) is 0 Å². The van der Waals surface area contributed by atoms with E-state index in [-0.39, 0.29) is 17.6 Å². The Kier molecular flexibility index (Phi) is 7.34. The first kappa shape index (κ1) is 15.8. The summed E-state index contributed by atoms with van der Waals surface area (Å²) in [5.41, 5.74) is 0.945. The molecule has 0 aromatic heterocycles. The monoisotopic (exact) mass is 266 g/mol. The Morgan fingerprint density at radius 1 is 0.947 bits per heavy atom. The van der Waals surface area contributed by atoms with E-state index in [0.717, 1.165) is 24.8 Å². The Morgan fingerprint density at radius 3 is 2.37 bits per heavy atom. The number of phenols is 2. The number of phenolic OH excluding ortho intramolecular Hbond substituents is 2. The molecule has 0 aliphatic heterocycles. The van der Waals surface area contributed by atoms with Gasteiger partial charge in [-0.05, 0) is 37.0 Å². The molecule has 1 aromatic carbocycles. The second-order valence-corrected chi connectivity index (χ2v) is 5.22. The molecule has 19 heavy (non-hydrogen) atoms. The average Bonchev–Trinajstić information content (AvgIpc) is 2.40. The van der Waals surface area contributed by atoms with Gasteiger partial charge >= 0.3 is 0 Å². The second kappa shape index (κ2) is 8.81. The third kappa shape index (κ3) is 6.48. The highest BCUT2D eigenvalue weighted by molar-refractivity contribution is 5.40. The van der Waals surface area contributed by atoms with Gasteiger partial charge in [0.15, 0.2) is 11.5 Å². The number of hydrogen-bond acceptors (Lipinski definition) is 3. The van der Waals surface area contributed by atoms with E-state index in [9.17, 15) is 15.3 Å². The van der Waals surface area contributed by atoms with Gasteiger partial charge in [0.2, 0.25) is 0 Å². The van der Waals surface area contributed by atoms with Crippen molar-refractivity contribution >= 4 is 0 Å². The van der Waals surface area contributed by atoms with Crippen molar-refractivity contribution in [3.63, 3.8) is 0 Å². The van der Waals surface area contributed by atoms with Crippen molar-refractivity contribution in [1.29, 1.82) is 0 Å². The molecule has 0 fully saturated rings. The van der Waals surface area contributed by atoms with Crippen molar-refractivity contribution < 1.29 is 15.3 Å².